The van der Waals surface area contributed by atoms with Crippen LogP contribution >= 0.6 is 0 Å². The molecule has 0 aliphatic rings. The summed E-state index contributed by atoms with van der Waals surface area (Å²) < 4.78 is 10.1. The normalized spacial score (nSPS) is 11.8. The highest BCUT2D eigenvalue weighted by Gasteiger charge is 2.09. The Kier molecular flexibility index (Phi) is 10.8. The zero-order chi connectivity index (χ0) is 20.9. The fourth-order valence-electron chi connectivity index (χ4n) is 2.77. The number of rotatable bonds is 11. The van der Waals surface area contributed by atoms with E-state index in [0.29, 0.717) is 17.9 Å². The van der Waals surface area contributed by atoms with Crippen LogP contribution in [0.3, 0.4) is 0 Å². The number of nitrogens with one attached hydrogen (secondary N) is 1. The molecule has 1 aromatic carbocycles. The van der Waals surface area contributed by atoms with Crippen LogP contribution in [-0.4, -0.2) is 26.7 Å². The van der Waals surface area contributed by atoms with Crippen molar-refractivity contribution in [1.29, 1.82) is 0 Å². The number of methoxy groups -OCH3 is 2. The Morgan fingerprint density at radius 2 is 1.61 bits per heavy atom. The Hall–Kier alpha value is -2.49. The minimum atomic E-state index is -0.357. The summed E-state index contributed by atoms with van der Waals surface area (Å²) in [6.45, 7) is 9.32. The van der Waals surface area contributed by atoms with Gasteiger partial charge < -0.3 is 14.8 Å². The van der Waals surface area contributed by atoms with E-state index in [0.717, 1.165) is 31.4 Å². The van der Waals surface area contributed by atoms with E-state index >= 15 is 0 Å². The molecule has 1 rings (SSSR count). The zero-order valence-corrected chi connectivity index (χ0v) is 18.2. The third-order valence-electron chi connectivity index (χ3n) is 4.49. The first-order valence-corrected chi connectivity index (χ1v) is 9.82. The summed E-state index contributed by atoms with van der Waals surface area (Å²) in [7, 11) is 3.00. The lowest BCUT2D eigenvalue weighted by Gasteiger charge is -2.11. The highest BCUT2D eigenvalue weighted by molar-refractivity contribution is 5.91. The van der Waals surface area contributed by atoms with Gasteiger partial charge in [0.15, 0.2) is 0 Å². The molecule has 0 radical (unpaired) electrons. The van der Waals surface area contributed by atoms with Crippen LogP contribution in [0.25, 0.3) is 0 Å². The van der Waals surface area contributed by atoms with E-state index in [1.165, 1.54) is 23.8 Å². The Bertz CT molecular complexity index is 725. The smallest absolute Gasteiger partial charge is 0.337 e. The molecule has 4 nitrogen and oxygen atoms in total. The van der Waals surface area contributed by atoms with Gasteiger partial charge >= 0.3 is 5.97 Å². The van der Waals surface area contributed by atoms with Gasteiger partial charge in [0.1, 0.15) is 5.75 Å². The van der Waals surface area contributed by atoms with Crippen molar-refractivity contribution < 1.29 is 14.3 Å². The highest BCUT2D eigenvalue weighted by atomic mass is 16.5. The first kappa shape index (κ1) is 23.5. The van der Waals surface area contributed by atoms with Crippen molar-refractivity contribution in [3.63, 3.8) is 0 Å². The van der Waals surface area contributed by atoms with Gasteiger partial charge in [0, 0.05) is 6.54 Å². The molecule has 0 bridgehead atoms. The van der Waals surface area contributed by atoms with Crippen molar-refractivity contribution in [2.24, 2.45) is 0 Å². The molecule has 0 saturated heterocycles. The predicted octanol–water partition coefficient (Wildman–Crippen LogP) is 6.31. The van der Waals surface area contributed by atoms with E-state index in [9.17, 15) is 4.79 Å². The average Bonchev–Trinajstić information content (AvgIpc) is 2.67. The Labute approximate surface area is 170 Å². The Balaban J connectivity index is 2.53. The first-order chi connectivity index (χ1) is 13.4. The molecule has 0 saturated carbocycles. The van der Waals surface area contributed by atoms with Crippen LogP contribution in [0.2, 0.25) is 0 Å². The molecule has 0 spiro atoms. The Morgan fingerprint density at radius 1 is 0.964 bits per heavy atom. The van der Waals surface area contributed by atoms with Crippen molar-refractivity contribution in [1.82, 2.24) is 0 Å². The molecule has 0 unspecified atom stereocenters. The quantitative estimate of drug-likeness (QED) is 0.358. The van der Waals surface area contributed by atoms with Crippen LogP contribution in [0.1, 0.15) is 63.7 Å². The number of esters is 1. The SMILES string of the molecule is COC(=O)c1ccc(OC)c(NCC=C(C)CCC=C(C)CCC=C(C)C)c1. The number of allylic oxidation sites excluding steroid dienone is 5. The average molecular weight is 386 g/mol. The van der Waals surface area contributed by atoms with Gasteiger partial charge in [-0.25, -0.2) is 4.79 Å². The molecular weight excluding hydrogens is 350 g/mol. The van der Waals surface area contributed by atoms with Crippen molar-refractivity contribution in [3.05, 3.63) is 58.7 Å². The largest absolute Gasteiger partial charge is 0.495 e. The lowest BCUT2D eigenvalue weighted by Crippen LogP contribution is -2.05. The number of benzene rings is 1. The number of carbonyl (C=O) groups is 1. The zero-order valence-electron chi connectivity index (χ0n) is 18.2. The molecule has 28 heavy (non-hydrogen) atoms. The molecule has 154 valence electrons. The summed E-state index contributed by atoms with van der Waals surface area (Å²) in [5.74, 6) is 0.345. The standard InChI is InChI=1S/C24H35NO3/c1-18(2)9-7-10-19(3)11-8-12-20(4)15-16-25-22-17-21(24(26)28-6)13-14-23(22)27-5/h9,11,13-15,17,25H,7-8,10,12,16H2,1-6H3. The molecule has 0 atom stereocenters. The molecule has 1 N–H and O–H groups in total. The second-order valence-electron chi connectivity index (χ2n) is 7.25. The second-order valence-corrected chi connectivity index (χ2v) is 7.25. The summed E-state index contributed by atoms with van der Waals surface area (Å²) >= 11 is 0. The van der Waals surface area contributed by atoms with E-state index in [-0.39, 0.29) is 5.97 Å². The maximum absolute atomic E-state index is 11.7. The minimum Gasteiger partial charge on any atom is -0.495 e. The molecule has 0 fully saturated rings. The predicted molar refractivity (Wildman–Crippen MR) is 118 cm³/mol. The summed E-state index contributed by atoms with van der Waals surface area (Å²) in [5, 5.41) is 3.32. The third-order valence-corrected chi connectivity index (χ3v) is 4.49. The van der Waals surface area contributed by atoms with Crippen LogP contribution in [0.5, 0.6) is 5.75 Å². The van der Waals surface area contributed by atoms with E-state index < -0.39 is 0 Å². The van der Waals surface area contributed by atoms with Gasteiger partial charge in [0.05, 0.1) is 25.5 Å². The lowest BCUT2D eigenvalue weighted by atomic mass is 10.1. The lowest BCUT2D eigenvalue weighted by molar-refractivity contribution is 0.0600. The van der Waals surface area contributed by atoms with Gasteiger partial charge in [0.25, 0.3) is 0 Å². The van der Waals surface area contributed by atoms with Crippen molar-refractivity contribution in [2.45, 2.75) is 53.4 Å². The number of hydrogen-bond donors (Lipinski definition) is 1. The summed E-state index contributed by atoms with van der Waals surface area (Å²) in [5.41, 5.74) is 5.45. The second kappa shape index (κ2) is 12.8. The fraction of sp³-hybridized carbons (Fsp3) is 0.458. The Morgan fingerprint density at radius 3 is 2.21 bits per heavy atom. The number of ether oxygens (including phenoxy) is 2. The van der Waals surface area contributed by atoms with E-state index in [2.05, 4.69) is 51.2 Å². The van der Waals surface area contributed by atoms with E-state index in [4.69, 9.17) is 9.47 Å². The first-order valence-electron chi connectivity index (χ1n) is 9.82. The van der Waals surface area contributed by atoms with Crippen LogP contribution < -0.4 is 10.1 Å². The van der Waals surface area contributed by atoms with Crippen LogP contribution in [0.4, 0.5) is 5.69 Å². The highest BCUT2D eigenvalue weighted by Crippen LogP contribution is 2.25. The summed E-state index contributed by atoms with van der Waals surface area (Å²) in [4.78, 5) is 11.7. The van der Waals surface area contributed by atoms with Gasteiger partial charge in [-0.3, -0.25) is 0 Å². The van der Waals surface area contributed by atoms with Crippen molar-refractivity contribution in [2.75, 3.05) is 26.1 Å². The van der Waals surface area contributed by atoms with Crippen LogP contribution in [-0.2, 0) is 4.74 Å². The maximum Gasteiger partial charge on any atom is 0.337 e. The molecular formula is C24H35NO3. The molecule has 0 heterocycles. The number of anilines is 1. The molecule has 4 heteroatoms. The molecule has 0 aliphatic heterocycles. The summed E-state index contributed by atoms with van der Waals surface area (Å²) in [6, 6.07) is 5.23. The van der Waals surface area contributed by atoms with Gasteiger partial charge in [0.2, 0.25) is 0 Å². The van der Waals surface area contributed by atoms with E-state index in [1.807, 2.05) is 0 Å². The van der Waals surface area contributed by atoms with Crippen LogP contribution in [0, 0.1) is 0 Å². The van der Waals surface area contributed by atoms with Crippen molar-refractivity contribution in [3.8, 4) is 5.75 Å². The van der Waals surface area contributed by atoms with Crippen molar-refractivity contribution >= 4 is 11.7 Å². The molecule has 0 amide bonds. The van der Waals surface area contributed by atoms with Crippen LogP contribution in [0.15, 0.2) is 53.1 Å². The number of carbonyl (C=O) groups excluding carboxylic acids is 1. The van der Waals surface area contributed by atoms with Gasteiger partial charge in [-0.2, -0.15) is 0 Å². The van der Waals surface area contributed by atoms with Gasteiger partial charge in [-0.15, -0.1) is 0 Å². The minimum absolute atomic E-state index is 0.357. The van der Waals surface area contributed by atoms with E-state index in [1.54, 1.807) is 25.3 Å². The monoisotopic (exact) mass is 385 g/mol. The topological polar surface area (TPSA) is 47.6 Å². The molecule has 0 aromatic heterocycles. The van der Waals surface area contributed by atoms with Gasteiger partial charge in [-0.05, 0) is 71.6 Å². The van der Waals surface area contributed by atoms with Gasteiger partial charge in [-0.1, -0.05) is 34.9 Å². The molecule has 1 aromatic rings. The third kappa shape index (κ3) is 8.94. The maximum atomic E-state index is 11.7. The fourth-order valence-corrected chi connectivity index (χ4v) is 2.77. The number of hydrogen-bond acceptors (Lipinski definition) is 4. The summed E-state index contributed by atoms with van der Waals surface area (Å²) in [6.07, 6.45) is 11.2. The molecule has 0 aliphatic carbocycles.